The lowest BCUT2D eigenvalue weighted by Crippen LogP contribution is -2.17. The van der Waals surface area contributed by atoms with Gasteiger partial charge in [0.05, 0.1) is 28.0 Å². The number of aromatic hydroxyl groups is 1. The molecular weight excluding hydrogens is 827 g/mol. The van der Waals surface area contributed by atoms with Crippen molar-refractivity contribution >= 4 is 11.0 Å². The van der Waals surface area contributed by atoms with Gasteiger partial charge in [-0.2, -0.15) is 0 Å². The van der Waals surface area contributed by atoms with Crippen molar-refractivity contribution in [1.29, 1.82) is 0 Å². The first kappa shape index (κ1) is 48.2. The molecule has 8 aromatic rings. The molecule has 8 rings (SSSR count). The molecule has 0 aliphatic rings. The molecule has 0 amide bonds. The van der Waals surface area contributed by atoms with Crippen molar-refractivity contribution in [3.05, 3.63) is 167 Å². The Morgan fingerprint density at radius 2 is 1.06 bits per heavy atom. The van der Waals surface area contributed by atoms with Crippen LogP contribution >= 0.6 is 0 Å². The van der Waals surface area contributed by atoms with Crippen LogP contribution < -0.4 is 0 Å². The highest BCUT2D eigenvalue weighted by molar-refractivity contribution is 5.98. The summed E-state index contributed by atoms with van der Waals surface area (Å²) >= 11 is 0. The van der Waals surface area contributed by atoms with Crippen LogP contribution in [0, 0.1) is 0 Å². The Hall–Kier alpha value is -6.26. The number of rotatable bonds is 8. The zero-order chi connectivity index (χ0) is 49.2. The Kier molecular flexibility index (Phi) is 12.5. The zero-order valence-corrected chi connectivity index (χ0v) is 43.6. The summed E-state index contributed by atoms with van der Waals surface area (Å²) in [6.07, 6.45) is 1.96. The van der Waals surface area contributed by atoms with Crippen molar-refractivity contribution in [1.82, 2.24) is 14.5 Å². The van der Waals surface area contributed by atoms with Gasteiger partial charge >= 0.3 is 0 Å². The van der Waals surface area contributed by atoms with E-state index in [1.807, 2.05) is 6.20 Å². The number of pyridine rings is 1. The van der Waals surface area contributed by atoms with Gasteiger partial charge in [-0.3, -0.25) is 9.55 Å². The van der Waals surface area contributed by atoms with E-state index in [2.05, 4.69) is 243 Å². The molecular formula is C64H73N3O. The van der Waals surface area contributed by atoms with E-state index in [1.165, 1.54) is 27.8 Å². The van der Waals surface area contributed by atoms with Gasteiger partial charge in [-0.05, 0) is 132 Å². The highest BCUT2D eigenvalue weighted by Crippen LogP contribution is 2.46. The molecule has 0 fully saturated rings. The first-order valence-electron chi connectivity index (χ1n) is 24.7. The number of benzene rings is 6. The van der Waals surface area contributed by atoms with E-state index in [0.29, 0.717) is 17.7 Å². The van der Waals surface area contributed by atoms with Crippen LogP contribution in [0.2, 0.25) is 0 Å². The molecule has 0 bridgehead atoms. The smallest absolute Gasteiger partial charge is 0.149 e. The van der Waals surface area contributed by atoms with Crippen LogP contribution in [0.1, 0.15) is 156 Å². The van der Waals surface area contributed by atoms with Gasteiger partial charge in [0.15, 0.2) is 0 Å². The summed E-state index contributed by atoms with van der Waals surface area (Å²) in [5.74, 6) is 1.81. The Morgan fingerprint density at radius 1 is 0.456 bits per heavy atom. The van der Waals surface area contributed by atoms with Gasteiger partial charge < -0.3 is 5.11 Å². The van der Waals surface area contributed by atoms with Crippen LogP contribution in [0.15, 0.2) is 134 Å². The Bertz CT molecular complexity index is 3130. The molecule has 0 saturated carbocycles. The third kappa shape index (κ3) is 9.57. The second-order valence-corrected chi connectivity index (χ2v) is 23.9. The predicted molar refractivity (Wildman–Crippen MR) is 291 cm³/mol. The molecule has 350 valence electrons. The Labute approximate surface area is 407 Å². The average molecular weight is 900 g/mol. The number of hydrogen-bond acceptors (Lipinski definition) is 3. The Balaban J connectivity index is 1.44. The number of hydrogen-bond donors (Lipinski definition) is 1. The summed E-state index contributed by atoms with van der Waals surface area (Å²) in [6.45, 7) is 36.0. The molecule has 0 aliphatic heterocycles. The van der Waals surface area contributed by atoms with E-state index < -0.39 is 0 Å². The molecule has 0 radical (unpaired) electrons. The van der Waals surface area contributed by atoms with Crippen LogP contribution in [0.5, 0.6) is 5.75 Å². The summed E-state index contributed by atoms with van der Waals surface area (Å²) in [7, 11) is 0. The standard InChI is InChI=1S/C64H73N3O/c1-39(2)43-29-44(40(3)4)31-45(30-43)42-27-28-65-55(35-42)47-32-46(33-49(34-47)62(8,9)10)51-23-20-24-57-58(51)66-60(53-37-50(63(11,12)13)38-54(59(53)68)64(14,15)16)67(57)56-26-25-48(61(5,6)7)36-52(56)41-21-18-17-19-22-41/h17-40,68H,1-16H3. The predicted octanol–water partition coefficient (Wildman–Crippen LogP) is 17.9. The van der Waals surface area contributed by atoms with Crippen LogP contribution in [0.4, 0.5) is 0 Å². The Morgan fingerprint density at radius 3 is 1.66 bits per heavy atom. The first-order valence-corrected chi connectivity index (χ1v) is 24.7. The van der Waals surface area contributed by atoms with Gasteiger partial charge in [0, 0.05) is 28.5 Å². The van der Waals surface area contributed by atoms with Crippen molar-refractivity contribution in [2.45, 2.75) is 144 Å². The number of aromatic nitrogens is 3. The molecule has 68 heavy (non-hydrogen) atoms. The maximum atomic E-state index is 12.6. The number of phenolic OH excluding ortho intramolecular Hbond substituents is 1. The normalized spacial score (nSPS) is 12.7. The number of nitrogens with zero attached hydrogens (tertiary/aromatic N) is 3. The van der Waals surface area contributed by atoms with Crippen LogP contribution in [0.25, 0.3) is 72.7 Å². The number of imidazole rings is 1. The van der Waals surface area contributed by atoms with E-state index in [4.69, 9.17) is 9.97 Å². The molecule has 0 atom stereocenters. The third-order valence-electron chi connectivity index (χ3n) is 13.7. The van der Waals surface area contributed by atoms with Gasteiger partial charge in [-0.25, -0.2) is 4.98 Å². The molecule has 4 heteroatoms. The molecule has 1 N–H and O–H groups in total. The van der Waals surface area contributed by atoms with E-state index in [1.54, 1.807) is 0 Å². The lowest BCUT2D eigenvalue weighted by molar-refractivity contribution is 0.446. The molecule has 2 aromatic heterocycles. The van der Waals surface area contributed by atoms with Gasteiger partial charge in [0.25, 0.3) is 0 Å². The summed E-state index contributed by atoms with van der Waals surface area (Å²) in [4.78, 5) is 10.8. The second kappa shape index (κ2) is 17.7. The summed E-state index contributed by atoms with van der Waals surface area (Å²) < 4.78 is 2.30. The molecule has 0 aliphatic carbocycles. The maximum absolute atomic E-state index is 12.6. The van der Waals surface area contributed by atoms with E-state index in [-0.39, 0.29) is 27.4 Å². The summed E-state index contributed by atoms with van der Waals surface area (Å²) in [5.41, 5.74) is 18.7. The minimum atomic E-state index is -0.325. The molecule has 0 spiro atoms. The second-order valence-electron chi connectivity index (χ2n) is 23.9. The minimum Gasteiger partial charge on any atom is -0.507 e. The van der Waals surface area contributed by atoms with Crippen molar-refractivity contribution in [3.63, 3.8) is 0 Å². The lowest BCUT2D eigenvalue weighted by Gasteiger charge is -2.28. The van der Waals surface area contributed by atoms with Crippen LogP contribution in [0.3, 0.4) is 0 Å². The van der Waals surface area contributed by atoms with E-state index >= 15 is 0 Å². The monoisotopic (exact) mass is 900 g/mol. The fourth-order valence-corrected chi connectivity index (χ4v) is 9.25. The van der Waals surface area contributed by atoms with Gasteiger partial charge in [-0.1, -0.05) is 190 Å². The largest absolute Gasteiger partial charge is 0.507 e. The van der Waals surface area contributed by atoms with Crippen LogP contribution in [-0.4, -0.2) is 19.6 Å². The maximum Gasteiger partial charge on any atom is 0.149 e. The highest BCUT2D eigenvalue weighted by atomic mass is 16.3. The molecule has 0 unspecified atom stereocenters. The third-order valence-corrected chi connectivity index (χ3v) is 13.7. The summed E-state index contributed by atoms with van der Waals surface area (Å²) in [5, 5.41) is 12.6. The van der Waals surface area contributed by atoms with Crippen molar-refractivity contribution < 1.29 is 5.11 Å². The van der Waals surface area contributed by atoms with Crippen molar-refractivity contribution in [2.24, 2.45) is 0 Å². The van der Waals surface area contributed by atoms with E-state index in [9.17, 15) is 5.11 Å². The highest BCUT2D eigenvalue weighted by Gasteiger charge is 2.30. The minimum absolute atomic E-state index is 0.0741. The van der Waals surface area contributed by atoms with Crippen molar-refractivity contribution in [2.75, 3.05) is 0 Å². The molecule has 4 nitrogen and oxygen atoms in total. The first-order chi connectivity index (χ1) is 31.8. The van der Waals surface area contributed by atoms with Crippen LogP contribution in [-0.2, 0) is 21.7 Å². The van der Waals surface area contributed by atoms with Crippen molar-refractivity contribution in [3.8, 4) is 67.5 Å². The number of phenols is 1. The average Bonchev–Trinajstić information content (AvgIpc) is 3.67. The fraction of sp³-hybridized carbons (Fsp3) is 0.344. The van der Waals surface area contributed by atoms with E-state index in [0.717, 1.165) is 72.5 Å². The fourth-order valence-electron chi connectivity index (χ4n) is 9.25. The van der Waals surface area contributed by atoms with Gasteiger partial charge in [0.1, 0.15) is 11.6 Å². The number of fused-ring (bicyclic) bond motifs is 1. The quantitative estimate of drug-likeness (QED) is 0.165. The van der Waals surface area contributed by atoms with Gasteiger partial charge in [0.2, 0.25) is 0 Å². The number of para-hydroxylation sites is 1. The summed E-state index contributed by atoms with van der Waals surface area (Å²) in [6, 6.07) is 46.9. The van der Waals surface area contributed by atoms with Gasteiger partial charge in [-0.15, -0.1) is 0 Å². The molecule has 2 heterocycles. The molecule has 0 saturated heterocycles. The SMILES string of the molecule is CC(C)c1cc(-c2ccnc(-c3cc(-c4cccc5c4nc(-c4cc(C(C)(C)C)cc(C(C)(C)C)c4O)n5-c4ccc(C(C)(C)C)cc4-c4ccccc4)cc(C(C)(C)C)c3)c2)cc(C(C)C)c1. The lowest BCUT2D eigenvalue weighted by atomic mass is 9.79. The topological polar surface area (TPSA) is 50.9 Å². The molecule has 6 aromatic carbocycles. The zero-order valence-electron chi connectivity index (χ0n) is 43.6.